The van der Waals surface area contributed by atoms with Crippen LogP contribution in [0.5, 0.6) is 0 Å². The molecule has 0 bridgehead atoms. The molecule has 2 N–H and O–H groups in total. The fourth-order valence-electron chi connectivity index (χ4n) is 3.22. The number of carbonyl (C=O) groups is 1. The molecule has 4 heteroatoms. The normalized spacial score (nSPS) is 32.9. The zero-order valence-corrected chi connectivity index (χ0v) is 11.5. The lowest BCUT2D eigenvalue weighted by molar-refractivity contribution is -0.137. The highest BCUT2D eigenvalue weighted by atomic mass is 32.2. The molecule has 1 amide bonds. The fourth-order valence-corrected chi connectivity index (χ4v) is 4.43. The maximum Gasteiger partial charge on any atom is 0.226 e. The van der Waals surface area contributed by atoms with Crippen LogP contribution < -0.4 is 5.73 Å². The van der Waals surface area contributed by atoms with Gasteiger partial charge < -0.3 is 10.6 Å². The number of thioether (sulfide) groups is 1. The Balaban J connectivity index is 2.01. The fraction of sp³-hybridized carbons (Fsp3) is 0.923. The van der Waals surface area contributed by atoms with Crippen molar-refractivity contribution in [1.82, 2.24) is 4.90 Å². The van der Waals surface area contributed by atoms with Crippen LogP contribution in [0.2, 0.25) is 0 Å². The number of hydrogen-bond acceptors (Lipinski definition) is 3. The van der Waals surface area contributed by atoms with Gasteiger partial charge in [0.1, 0.15) is 0 Å². The van der Waals surface area contributed by atoms with E-state index in [0.717, 1.165) is 37.4 Å². The standard InChI is InChI=1S/C13H24N2OS/c1-2-15(12-5-3-4-10(12)8-14)13(16)11-6-7-17-9-11/h10-12H,2-9,14H2,1H3. The van der Waals surface area contributed by atoms with Crippen molar-refractivity contribution in [3.8, 4) is 0 Å². The van der Waals surface area contributed by atoms with Gasteiger partial charge in [0.05, 0.1) is 0 Å². The minimum Gasteiger partial charge on any atom is -0.339 e. The van der Waals surface area contributed by atoms with Gasteiger partial charge in [-0.25, -0.2) is 0 Å². The maximum atomic E-state index is 12.5. The van der Waals surface area contributed by atoms with Crippen LogP contribution in [-0.2, 0) is 4.79 Å². The van der Waals surface area contributed by atoms with Crippen molar-refractivity contribution in [3.05, 3.63) is 0 Å². The van der Waals surface area contributed by atoms with E-state index in [4.69, 9.17) is 5.73 Å². The van der Waals surface area contributed by atoms with E-state index in [0.29, 0.717) is 17.9 Å². The summed E-state index contributed by atoms with van der Waals surface area (Å²) in [4.78, 5) is 14.6. The number of nitrogens with zero attached hydrogens (tertiary/aromatic N) is 1. The average molecular weight is 256 g/mol. The Morgan fingerprint density at radius 2 is 2.24 bits per heavy atom. The Bertz CT molecular complexity index is 266. The van der Waals surface area contributed by atoms with Crippen LogP contribution in [0.3, 0.4) is 0 Å². The second-order valence-corrected chi connectivity index (χ2v) is 6.33. The Hall–Kier alpha value is -0.220. The van der Waals surface area contributed by atoms with Gasteiger partial charge in [-0.15, -0.1) is 0 Å². The van der Waals surface area contributed by atoms with E-state index in [1.807, 2.05) is 11.8 Å². The predicted molar refractivity (Wildman–Crippen MR) is 73.0 cm³/mol. The molecule has 2 aliphatic rings. The average Bonchev–Trinajstić information content (AvgIpc) is 3.01. The van der Waals surface area contributed by atoms with Crippen LogP contribution in [-0.4, -0.2) is 41.4 Å². The summed E-state index contributed by atoms with van der Waals surface area (Å²) in [5.41, 5.74) is 5.83. The first-order valence-electron chi connectivity index (χ1n) is 6.86. The second kappa shape index (κ2) is 6.10. The van der Waals surface area contributed by atoms with Crippen molar-refractivity contribution in [2.75, 3.05) is 24.6 Å². The Morgan fingerprint density at radius 1 is 1.41 bits per heavy atom. The van der Waals surface area contributed by atoms with Gasteiger partial charge in [0, 0.05) is 24.3 Å². The molecule has 3 nitrogen and oxygen atoms in total. The summed E-state index contributed by atoms with van der Waals surface area (Å²) < 4.78 is 0. The number of amides is 1. The molecule has 2 rings (SSSR count). The lowest BCUT2D eigenvalue weighted by Crippen LogP contribution is -2.46. The zero-order chi connectivity index (χ0) is 12.3. The highest BCUT2D eigenvalue weighted by Crippen LogP contribution is 2.32. The van der Waals surface area contributed by atoms with Crippen molar-refractivity contribution in [3.63, 3.8) is 0 Å². The number of rotatable bonds is 4. The van der Waals surface area contributed by atoms with Gasteiger partial charge in [-0.1, -0.05) is 6.42 Å². The summed E-state index contributed by atoms with van der Waals surface area (Å²) in [5.74, 6) is 3.38. The summed E-state index contributed by atoms with van der Waals surface area (Å²) in [7, 11) is 0. The SMILES string of the molecule is CCN(C(=O)C1CCSC1)C1CCCC1CN. The first-order valence-corrected chi connectivity index (χ1v) is 8.01. The number of carbonyl (C=O) groups excluding carboxylic acids is 1. The van der Waals surface area contributed by atoms with Gasteiger partial charge in [-0.2, -0.15) is 11.8 Å². The summed E-state index contributed by atoms with van der Waals surface area (Å²) in [6.45, 7) is 3.68. The van der Waals surface area contributed by atoms with Crippen molar-refractivity contribution >= 4 is 17.7 Å². The Kier molecular flexibility index (Phi) is 4.74. The summed E-state index contributed by atoms with van der Waals surface area (Å²) in [6.07, 6.45) is 4.65. The van der Waals surface area contributed by atoms with Crippen molar-refractivity contribution in [1.29, 1.82) is 0 Å². The van der Waals surface area contributed by atoms with Gasteiger partial charge in [-0.05, 0) is 44.4 Å². The first kappa shape index (κ1) is 13.2. The molecule has 1 saturated carbocycles. The van der Waals surface area contributed by atoms with Crippen molar-refractivity contribution in [2.24, 2.45) is 17.6 Å². The topological polar surface area (TPSA) is 46.3 Å². The molecule has 3 atom stereocenters. The third-order valence-electron chi connectivity index (χ3n) is 4.22. The molecule has 0 radical (unpaired) electrons. The molecule has 1 aliphatic heterocycles. The lowest BCUT2D eigenvalue weighted by atomic mass is 9.99. The molecule has 0 spiro atoms. The van der Waals surface area contributed by atoms with E-state index >= 15 is 0 Å². The molecule has 3 unspecified atom stereocenters. The molecule has 1 heterocycles. The number of hydrogen-bond donors (Lipinski definition) is 1. The van der Waals surface area contributed by atoms with Gasteiger partial charge in [0.15, 0.2) is 0 Å². The lowest BCUT2D eigenvalue weighted by Gasteiger charge is -2.33. The van der Waals surface area contributed by atoms with E-state index in [1.165, 1.54) is 12.8 Å². The maximum absolute atomic E-state index is 12.5. The molecular weight excluding hydrogens is 232 g/mol. The molecule has 1 saturated heterocycles. The Labute approximate surface area is 108 Å². The van der Waals surface area contributed by atoms with E-state index in [2.05, 4.69) is 11.8 Å². The smallest absolute Gasteiger partial charge is 0.226 e. The van der Waals surface area contributed by atoms with Gasteiger partial charge in [0.2, 0.25) is 5.91 Å². The molecule has 0 aromatic heterocycles. The minimum atomic E-state index is 0.277. The molecule has 0 aromatic rings. The quantitative estimate of drug-likeness (QED) is 0.833. The highest BCUT2D eigenvalue weighted by molar-refractivity contribution is 7.99. The van der Waals surface area contributed by atoms with E-state index in [1.54, 1.807) is 0 Å². The molecule has 17 heavy (non-hydrogen) atoms. The summed E-state index contributed by atoms with van der Waals surface area (Å²) >= 11 is 1.92. The van der Waals surface area contributed by atoms with Crippen molar-refractivity contribution < 1.29 is 4.79 Å². The zero-order valence-electron chi connectivity index (χ0n) is 10.7. The monoisotopic (exact) mass is 256 g/mol. The minimum absolute atomic E-state index is 0.277. The van der Waals surface area contributed by atoms with E-state index in [9.17, 15) is 4.79 Å². The summed E-state index contributed by atoms with van der Waals surface area (Å²) in [5, 5.41) is 0. The predicted octanol–water partition coefficient (Wildman–Crippen LogP) is 1.72. The van der Waals surface area contributed by atoms with Gasteiger partial charge >= 0.3 is 0 Å². The largest absolute Gasteiger partial charge is 0.339 e. The number of nitrogens with two attached hydrogens (primary N) is 1. The van der Waals surface area contributed by atoms with Crippen LogP contribution in [0.15, 0.2) is 0 Å². The van der Waals surface area contributed by atoms with Gasteiger partial charge in [0.25, 0.3) is 0 Å². The second-order valence-electron chi connectivity index (χ2n) is 5.18. The van der Waals surface area contributed by atoms with Gasteiger partial charge in [-0.3, -0.25) is 4.79 Å². The van der Waals surface area contributed by atoms with E-state index < -0.39 is 0 Å². The van der Waals surface area contributed by atoms with Crippen LogP contribution in [0.4, 0.5) is 0 Å². The van der Waals surface area contributed by atoms with Crippen LogP contribution in [0, 0.1) is 11.8 Å². The third-order valence-corrected chi connectivity index (χ3v) is 5.39. The van der Waals surface area contributed by atoms with E-state index in [-0.39, 0.29) is 5.92 Å². The van der Waals surface area contributed by atoms with Crippen molar-refractivity contribution in [2.45, 2.75) is 38.6 Å². The van der Waals surface area contributed by atoms with Crippen LogP contribution >= 0.6 is 11.8 Å². The highest BCUT2D eigenvalue weighted by Gasteiger charge is 2.36. The molecule has 1 aliphatic carbocycles. The molecule has 0 aromatic carbocycles. The first-order chi connectivity index (χ1) is 8.27. The third kappa shape index (κ3) is 2.79. The van der Waals surface area contributed by atoms with Crippen LogP contribution in [0.25, 0.3) is 0 Å². The molecular formula is C13H24N2OS. The molecule has 2 fully saturated rings. The summed E-state index contributed by atoms with van der Waals surface area (Å²) in [6, 6.07) is 0.420. The Morgan fingerprint density at radius 3 is 2.82 bits per heavy atom. The van der Waals surface area contributed by atoms with Crippen LogP contribution in [0.1, 0.15) is 32.6 Å². The molecule has 98 valence electrons.